The number of nitrogens with zero attached hydrogens (tertiary/aromatic N) is 3. The van der Waals surface area contributed by atoms with E-state index in [1.807, 2.05) is 13.0 Å². The Morgan fingerprint density at radius 3 is 2.73 bits per heavy atom. The largest absolute Gasteiger partial charge is 0.269 e. The van der Waals surface area contributed by atoms with Gasteiger partial charge in [-0.05, 0) is 36.3 Å². The third-order valence-electron chi connectivity index (χ3n) is 3.62. The molecule has 0 aliphatic rings. The van der Waals surface area contributed by atoms with E-state index in [4.69, 9.17) is 0 Å². The van der Waals surface area contributed by atoms with Gasteiger partial charge < -0.3 is 0 Å². The zero-order valence-electron chi connectivity index (χ0n) is 13.8. The van der Waals surface area contributed by atoms with E-state index >= 15 is 0 Å². The summed E-state index contributed by atoms with van der Waals surface area (Å²) < 4.78 is 12.9. The van der Waals surface area contributed by atoms with Gasteiger partial charge >= 0.3 is 0 Å². The van der Waals surface area contributed by atoms with Gasteiger partial charge in [0.15, 0.2) is 0 Å². The van der Waals surface area contributed by atoms with E-state index in [1.54, 1.807) is 36.4 Å². The lowest BCUT2D eigenvalue weighted by atomic mass is 10.1. The molecule has 26 heavy (non-hydrogen) atoms. The quantitative estimate of drug-likeness (QED) is 0.380. The maximum Gasteiger partial charge on any atom is 0.269 e. The van der Waals surface area contributed by atoms with Crippen LogP contribution in [0.25, 0.3) is 12.2 Å². The lowest BCUT2D eigenvalue weighted by Crippen LogP contribution is -1.93. The molecule has 1 aromatic heterocycles. The molecule has 0 spiro atoms. The monoisotopic (exact) mass is 370 g/mol. The zero-order valence-corrected chi connectivity index (χ0v) is 14.6. The van der Waals surface area contributed by atoms with Crippen molar-refractivity contribution in [2.75, 3.05) is 0 Å². The predicted molar refractivity (Wildman–Crippen MR) is 99.1 cm³/mol. The van der Waals surface area contributed by atoms with Crippen molar-refractivity contribution < 1.29 is 9.31 Å². The van der Waals surface area contributed by atoms with E-state index in [9.17, 15) is 14.5 Å². The molecule has 1 heterocycles. The highest BCUT2D eigenvalue weighted by Gasteiger charge is 2.14. The van der Waals surface area contributed by atoms with E-state index < -0.39 is 4.92 Å². The number of hydrogen-bond acceptors (Lipinski definition) is 5. The van der Waals surface area contributed by atoms with Crippen molar-refractivity contribution in [2.24, 2.45) is 0 Å². The smallest absolute Gasteiger partial charge is 0.259 e. The molecule has 0 radical (unpaired) electrons. The summed E-state index contributed by atoms with van der Waals surface area (Å²) in [5.74, 6) is 0.290. The number of rotatable bonds is 6. The Balaban J connectivity index is 1.67. The van der Waals surface area contributed by atoms with E-state index in [2.05, 4.69) is 15.2 Å². The van der Waals surface area contributed by atoms with Crippen molar-refractivity contribution in [3.63, 3.8) is 0 Å². The third-order valence-corrected chi connectivity index (χ3v) is 4.64. The van der Waals surface area contributed by atoms with E-state index in [0.717, 1.165) is 11.1 Å². The van der Waals surface area contributed by atoms with Crippen LogP contribution in [0.5, 0.6) is 0 Å². The summed E-state index contributed by atoms with van der Waals surface area (Å²) >= 11 is 1.40. The highest BCUT2D eigenvalue weighted by molar-refractivity contribution is 7.99. The summed E-state index contributed by atoms with van der Waals surface area (Å²) in [5, 5.41) is 18.4. The first kappa shape index (κ1) is 17.8. The van der Waals surface area contributed by atoms with E-state index in [0.29, 0.717) is 11.0 Å². The van der Waals surface area contributed by atoms with Gasteiger partial charge in [0.25, 0.3) is 5.69 Å². The number of nitro benzene ring substituents is 1. The van der Waals surface area contributed by atoms with Crippen molar-refractivity contribution in [3.8, 4) is 0 Å². The lowest BCUT2D eigenvalue weighted by molar-refractivity contribution is -0.384. The number of thioether (sulfide) groups is 1. The second kappa shape index (κ2) is 7.92. The van der Waals surface area contributed by atoms with Crippen molar-refractivity contribution in [1.82, 2.24) is 15.2 Å². The first-order valence-corrected chi connectivity index (χ1v) is 8.66. The fourth-order valence-corrected chi connectivity index (χ4v) is 3.10. The standard InChI is InChI=1S/C18H15FN4O2S/c1-12(14-3-2-4-16(11-14)23(24)25)26-18-20-17(21-22-18)10-7-13-5-8-15(19)9-6-13/h2-12H,1H3,(H,20,21,22)/b10-7+. The first-order valence-electron chi connectivity index (χ1n) is 7.78. The number of halogens is 1. The third kappa shape index (κ3) is 4.54. The number of aromatic amines is 1. The first-order chi connectivity index (χ1) is 12.5. The Labute approximate surface area is 153 Å². The Morgan fingerprint density at radius 1 is 1.23 bits per heavy atom. The molecule has 0 saturated carbocycles. The summed E-state index contributed by atoms with van der Waals surface area (Å²) in [5.41, 5.74) is 1.74. The van der Waals surface area contributed by atoms with Crippen LogP contribution in [0.15, 0.2) is 53.7 Å². The molecule has 0 aliphatic carbocycles. The SMILES string of the molecule is CC(Sc1n[nH]c(/C=C/c2ccc(F)cc2)n1)c1cccc([N+](=O)[O-])c1. The average molecular weight is 370 g/mol. The number of H-pyrrole nitrogens is 1. The molecule has 1 unspecified atom stereocenters. The van der Waals surface area contributed by atoms with Gasteiger partial charge in [0.05, 0.1) is 4.92 Å². The van der Waals surface area contributed by atoms with Gasteiger partial charge in [0.1, 0.15) is 11.6 Å². The number of hydrogen-bond donors (Lipinski definition) is 1. The van der Waals surface area contributed by atoms with Crippen LogP contribution in [-0.2, 0) is 0 Å². The summed E-state index contributed by atoms with van der Waals surface area (Å²) in [4.78, 5) is 14.8. The van der Waals surface area contributed by atoms with Crippen LogP contribution >= 0.6 is 11.8 Å². The molecule has 3 rings (SSSR count). The van der Waals surface area contributed by atoms with Crippen molar-refractivity contribution in [2.45, 2.75) is 17.3 Å². The molecule has 0 bridgehead atoms. The van der Waals surface area contributed by atoms with Crippen LogP contribution in [0.4, 0.5) is 10.1 Å². The molecule has 0 fully saturated rings. The molecule has 0 saturated heterocycles. The Bertz CT molecular complexity index is 940. The summed E-state index contributed by atoms with van der Waals surface area (Å²) in [6, 6.07) is 12.6. The van der Waals surface area contributed by atoms with Crippen molar-refractivity contribution in [1.29, 1.82) is 0 Å². The second-order valence-corrected chi connectivity index (χ2v) is 6.81. The summed E-state index contributed by atoms with van der Waals surface area (Å²) in [7, 11) is 0. The maximum absolute atomic E-state index is 12.9. The fourth-order valence-electron chi connectivity index (χ4n) is 2.25. The summed E-state index contributed by atoms with van der Waals surface area (Å²) in [6.45, 7) is 1.94. The molecular weight excluding hydrogens is 355 g/mol. The molecule has 8 heteroatoms. The minimum atomic E-state index is -0.411. The highest BCUT2D eigenvalue weighted by Crippen LogP contribution is 2.34. The maximum atomic E-state index is 12.9. The van der Waals surface area contributed by atoms with Gasteiger partial charge in [0.2, 0.25) is 5.16 Å². The van der Waals surface area contributed by atoms with Crippen LogP contribution in [0.1, 0.15) is 29.1 Å². The molecule has 1 atom stereocenters. The fraction of sp³-hybridized carbons (Fsp3) is 0.111. The van der Waals surface area contributed by atoms with E-state index in [1.165, 1.54) is 30.0 Å². The Morgan fingerprint density at radius 2 is 2.00 bits per heavy atom. The Kier molecular flexibility index (Phi) is 5.43. The number of nitrogens with one attached hydrogen (secondary N) is 1. The van der Waals surface area contributed by atoms with Crippen LogP contribution < -0.4 is 0 Å². The van der Waals surface area contributed by atoms with Crippen LogP contribution in [0, 0.1) is 15.9 Å². The molecule has 132 valence electrons. The van der Waals surface area contributed by atoms with E-state index in [-0.39, 0.29) is 16.8 Å². The van der Waals surface area contributed by atoms with Gasteiger partial charge in [-0.3, -0.25) is 15.2 Å². The topological polar surface area (TPSA) is 84.7 Å². The Hall–Kier alpha value is -3.00. The van der Waals surface area contributed by atoms with Crippen LogP contribution in [0.3, 0.4) is 0 Å². The molecule has 1 N–H and O–H groups in total. The lowest BCUT2D eigenvalue weighted by Gasteiger charge is -2.08. The predicted octanol–water partition coefficient (Wildman–Crippen LogP) is 4.88. The molecule has 2 aromatic carbocycles. The molecular formula is C18H15FN4O2S. The molecule has 6 nitrogen and oxygen atoms in total. The second-order valence-electron chi connectivity index (χ2n) is 5.50. The van der Waals surface area contributed by atoms with Gasteiger partial charge in [-0.15, -0.1) is 5.10 Å². The number of aromatic nitrogens is 3. The van der Waals surface area contributed by atoms with Crippen molar-refractivity contribution >= 4 is 29.6 Å². The zero-order chi connectivity index (χ0) is 18.5. The average Bonchev–Trinajstić information content (AvgIpc) is 3.08. The van der Waals surface area contributed by atoms with Crippen LogP contribution in [-0.4, -0.2) is 20.1 Å². The number of nitro groups is 1. The highest BCUT2D eigenvalue weighted by atomic mass is 32.2. The molecule has 0 amide bonds. The number of benzene rings is 2. The van der Waals surface area contributed by atoms with Gasteiger partial charge in [0, 0.05) is 17.4 Å². The minimum Gasteiger partial charge on any atom is -0.259 e. The molecule has 3 aromatic rings. The molecule has 0 aliphatic heterocycles. The summed E-state index contributed by atoms with van der Waals surface area (Å²) in [6.07, 6.45) is 3.56. The van der Waals surface area contributed by atoms with Crippen molar-refractivity contribution in [3.05, 3.63) is 81.4 Å². The minimum absolute atomic E-state index is 0.0420. The van der Waals surface area contributed by atoms with Gasteiger partial charge in [-0.1, -0.05) is 42.1 Å². The normalized spacial score (nSPS) is 12.4. The van der Waals surface area contributed by atoms with Crippen LogP contribution in [0.2, 0.25) is 0 Å². The van der Waals surface area contributed by atoms with Gasteiger partial charge in [-0.2, -0.15) is 0 Å². The number of non-ortho nitro benzene ring substituents is 1. The van der Waals surface area contributed by atoms with Gasteiger partial charge in [-0.25, -0.2) is 9.37 Å².